The van der Waals surface area contributed by atoms with Crippen LogP contribution in [-0.4, -0.2) is 41.7 Å². The van der Waals surface area contributed by atoms with Gasteiger partial charge in [-0.1, -0.05) is 19.0 Å². The van der Waals surface area contributed by atoms with E-state index in [1.165, 1.54) is 0 Å². The molecule has 2 rings (SSSR count). The van der Waals surface area contributed by atoms with Crippen molar-refractivity contribution in [3.05, 3.63) is 11.7 Å². The molecule has 1 atom stereocenters. The average Bonchev–Trinajstić information content (AvgIpc) is 2.87. The van der Waals surface area contributed by atoms with Crippen molar-refractivity contribution < 1.29 is 19.1 Å². The molecule has 1 unspecified atom stereocenters. The zero-order valence-corrected chi connectivity index (χ0v) is 12.5. The Morgan fingerprint density at radius 2 is 2.05 bits per heavy atom. The topological polar surface area (TPSA) is 77.6 Å². The first-order chi connectivity index (χ1) is 9.55. The summed E-state index contributed by atoms with van der Waals surface area (Å²) < 4.78 is 16.2. The van der Waals surface area contributed by atoms with Gasteiger partial charge in [0.25, 0.3) is 0 Å². The van der Waals surface area contributed by atoms with Gasteiger partial charge in [0.1, 0.15) is 5.60 Å². The Morgan fingerprint density at radius 1 is 1.35 bits per heavy atom. The minimum absolute atomic E-state index is 0.390. The van der Waals surface area contributed by atoms with E-state index in [1.54, 1.807) is 7.11 Å². The lowest BCUT2D eigenvalue weighted by Gasteiger charge is -2.32. The molecule has 1 aromatic rings. The normalized spacial score (nSPS) is 20.2. The Hall–Kier alpha value is -0.980. The van der Waals surface area contributed by atoms with E-state index in [9.17, 15) is 5.11 Å². The zero-order valence-electron chi connectivity index (χ0n) is 12.5. The van der Waals surface area contributed by atoms with E-state index in [0.717, 1.165) is 19.3 Å². The van der Waals surface area contributed by atoms with Gasteiger partial charge in [-0.05, 0) is 12.3 Å². The predicted octanol–water partition coefficient (Wildman–Crippen LogP) is 1.67. The van der Waals surface area contributed by atoms with E-state index in [1.807, 2.05) is 0 Å². The SMILES string of the molecule is COC1(c2noc(CC(O)CC(C)C)n2)CCOCC1. The lowest BCUT2D eigenvalue weighted by Crippen LogP contribution is -2.36. The Morgan fingerprint density at radius 3 is 2.65 bits per heavy atom. The maximum absolute atomic E-state index is 9.93. The Balaban J connectivity index is 2.03. The number of rotatable bonds is 6. The molecule has 6 heteroatoms. The monoisotopic (exact) mass is 284 g/mol. The van der Waals surface area contributed by atoms with E-state index in [4.69, 9.17) is 14.0 Å². The third-order valence-electron chi connectivity index (χ3n) is 3.72. The highest BCUT2D eigenvalue weighted by atomic mass is 16.5. The number of aliphatic hydroxyl groups excluding tert-OH is 1. The second-order valence-electron chi connectivity index (χ2n) is 5.81. The van der Waals surface area contributed by atoms with Crippen LogP contribution in [0.15, 0.2) is 4.52 Å². The molecule has 1 aliphatic heterocycles. The maximum atomic E-state index is 9.93. The molecule has 0 bridgehead atoms. The summed E-state index contributed by atoms with van der Waals surface area (Å²) in [6.45, 7) is 5.41. The number of hydrogen-bond donors (Lipinski definition) is 1. The van der Waals surface area contributed by atoms with Crippen LogP contribution in [0.2, 0.25) is 0 Å². The van der Waals surface area contributed by atoms with Crippen LogP contribution in [0, 0.1) is 5.92 Å². The highest BCUT2D eigenvalue weighted by Gasteiger charge is 2.39. The third kappa shape index (κ3) is 3.56. The number of aromatic nitrogens is 2. The van der Waals surface area contributed by atoms with Gasteiger partial charge in [0.05, 0.1) is 12.5 Å². The number of nitrogens with zero attached hydrogens (tertiary/aromatic N) is 2. The second-order valence-corrected chi connectivity index (χ2v) is 5.81. The molecule has 20 heavy (non-hydrogen) atoms. The van der Waals surface area contributed by atoms with Crippen molar-refractivity contribution in [2.75, 3.05) is 20.3 Å². The molecule has 6 nitrogen and oxygen atoms in total. The fourth-order valence-corrected chi connectivity index (χ4v) is 2.57. The first-order valence-corrected chi connectivity index (χ1v) is 7.20. The minimum Gasteiger partial charge on any atom is -0.393 e. The fourth-order valence-electron chi connectivity index (χ4n) is 2.57. The quantitative estimate of drug-likeness (QED) is 0.856. The molecule has 0 amide bonds. The second kappa shape index (κ2) is 6.65. The molecule has 0 radical (unpaired) electrons. The van der Waals surface area contributed by atoms with E-state index < -0.39 is 11.7 Å². The van der Waals surface area contributed by atoms with Crippen molar-refractivity contribution in [1.82, 2.24) is 10.1 Å². The highest BCUT2D eigenvalue weighted by Crippen LogP contribution is 2.33. The van der Waals surface area contributed by atoms with E-state index >= 15 is 0 Å². The van der Waals surface area contributed by atoms with Crippen molar-refractivity contribution >= 4 is 0 Å². The van der Waals surface area contributed by atoms with E-state index in [2.05, 4.69) is 24.0 Å². The zero-order chi connectivity index (χ0) is 14.6. The number of aliphatic hydroxyl groups is 1. The summed E-state index contributed by atoms with van der Waals surface area (Å²) in [4.78, 5) is 4.41. The predicted molar refractivity (Wildman–Crippen MR) is 72.2 cm³/mol. The van der Waals surface area contributed by atoms with E-state index in [-0.39, 0.29) is 0 Å². The van der Waals surface area contributed by atoms with Gasteiger partial charge in [0.2, 0.25) is 11.7 Å². The molecule has 2 heterocycles. The van der Waals surface area contributed by atoms with Gasteiger partial charge >= 0.3 is 0 Å². The van der Waals surface area contributed by atoms with Crippen molar-refractivity contribution in [1.29, 1.82) is 0 Å². The summed E-state index contributed by atoms with van der Waals surface area (Å²) in [6, 6.07) is 0. The molecule has 0 aromatic carbocycles. The fraction of sp³-hybridized carbons (Fsp3) is 0.857. The van der Waals surface area contributed by atoms with Crippen LogP contribution in [0.4, 0.5) is 0 Å². The molecule has 1 aliphatic rings. The van der Waals surface area contributed by atoms with Crippen LogP contribution < -0.4 is 0 Å². The van der Waals surface area contributed by atoms with Crippen LogP contribution in [0.5, 0.6) is 0 Å². The number of ether oxygens (including phenoxy) is 2. The molecular formula is C14H24N2O4. The summed E-state index contributed by atoms with van der Waals surface area (Å²) in [5, 5.41) is 14.0. The summed E-state index contributed by atoms with van der Waals surface area (Å²) in [6.07, 6.45) is 2.10. The van der Waals surface area contributed by atoms with Crippen LogP contribution in [0.25, 0.3) is 0 Å². The number of hydrogen-bond acceptors (Lipinski definition) is 6. The van der Waals surface area contributed by atoms with Crippen molar-refractivity contribution in [3.63, 3.8) is 0 Å². The van der Waals surface area contributed by atoms with E-state index in [0.29, 0.717) is 37.3 Å². The Bertz CT molecular complexity index is 413. The molecular weight excluding hydrogens is 260 g/mol. The standard InChI is InChI=1S/C14H24N2O4/c1-10(2)8-11(17)9-12-15-13(16-20-12)14(18-3)4-6-19-7-5-14/h10-11,17H,4-9H2,1-3H3. The molecule has 0 spiro atoms. The summed E-state index contributed by atoms with van der Waals surface area (Å²) in [7, 11) is 1.66. The molecule has 1 N–H and O–H groups in total. The Labute approximate surface area is 119 Å². The summed E-state index contributed by atoms with van der Waals surface area (Å²) >= 11 is 0. The van der Waals surface area contributed by atoms with Gasteiger partial charge in [0.15, 0.2) is 0 Å². The maximum Gasteiger partial charge on any atom is 0.229 e. The molecule has 114 valence electrons. The van der Waals surface area contributed by atoms with Gasteiger partial charge in [-0.3, -0.25) is 0 Å². The lowest BCUT2D eigenvalue weighted by atomic mass is 9.93. The van der Waals surface area contributed by atoms with Gasteiger partial charge in [0, 0.05) is 33.2 Å². The smallest absolute Gasteiger partial charge is 0.229 e. The molecule has 1 aromatic heterocycles. The van der Waals surface area contributed by atoms with Crippen LogP contribution in [0.3, 0.4) is 0 Å². The van der Waals surface area contributed by atoms with Gasteiger partial charge in [-0.25, -0.2) is 0 Å². The number of methoxy groups -OCH3 is 1. The lowest BCUT2D eigenvalue weighted by molar-refractivity contribution is -0.101. The Kier molecular flexibility index (Phi) is 5.12. The molecule has 1 fully saturated rings. The van der Waals surface area contributed by atoms with Crippen molar-refractivity contribution in [2.45, 2.75) is 51.2 Å². The van der Waals surface area contributed by atoms with Gasteiger partial charge < -0.3 is 19.1 Å². The summed E-state index contributed by atoms with van der Waals surface area (Å²) in [5.74, 6) is 1.47. The van der Waals surface area contributed by atoms with Crippen LogP contribution in [0.1, 0.15) is 44.8 Å². The molecule has 0 aliphatic carbocycles. The minimum atomic E-state index is -0.511. The average molecular weight is 284 g/mol. The largest absolute Gasteiger partial charge is 0.393 e. The summed E-state index contributed by atoms with van der Waals surface area (Å²) in [5.41, 5.74) is -0.511. The van der Waals surface area contributed by atoms with Gasteiger partial charge in [-0.2, -0.15) is 4.98 Å². The van der Waals surface area contributed by atoms with Crippen LogP contribution in [-0.2, 0) is 21.5 Å². The first kappa shape index (κ1) is 15.4. The third-order valence-corrected chi connectivity index (χ3v) is 3.72. The first-order valence-electron chi connectivity index (χ1n) is 7.20. The van der Waals surface area contributed by atoms with Gasteiger partial charge in [-0.15, -0.1) is 0 Å². The molecule has 0 saturated carbocycles. The van der Waals surface area contributed by atoms with Crippen molar-refractivity contribution in [3.8, 4) is 0 Å². The highest BCUT2D eigenvalue weighted by molar-refractivity contribution is 5.03. The molecule has 1 saturated heterocycles. The van der Waals surface area contributed by atoms with Crippen molar-refractivity contribution in [2.24, 2.45) is 5.92 Å². The van der Waals surface area contributed by atoms with Crippen LogP contribution >= 0.6 is 0 Å².